The summed E-state index contributed by atoms with van der Waals surface area (Å²) in [6.07, 6.45) is 38.1. The molecular formula is C44H78O14P2. The number of carbonyl (C=O) groups excluding carboxylic acids is 2. The van der Waals surface area contributed by atoms with Crippen molar-refractivity contribution in [3.05, 3.63) is 60.8 Å². The normalized spacial score (nSPS) is 15.1. The lowest BCUT2D eigenvalue weighted by Gasteiger charge is -2.20. The zero-order chi connectivity index (χ0) is 44.6. The first-order chi connectivity index (χ1) is 28.8. The number of hydrogen-bond acceptors (Lipinski definition) is 11. The zero-order valence-electron chi connectivity index (χ0n) is 36.4. The van der Waals surface area contributed by atoms with Crippen LogP contribution in [0.3, 0.4) is 0 Å². The lowest BCUT2D eigenvalue weighted by molar-refractivity contribution is -0.161. The number of carbonyl (C=O) groups is 2. The van der Waals surface area contributed by atoms with Gasteiger partial charge in [0.15, 0.2) is 6.10 Å². The molecule has 5 N–H and O–H groups in total. The lowest BCUT2D eigenvalue weighted by Crippen LogP contribution is -2.29. The number of aliphatic hydroxyl groups is 2. The van der Waals surface area contributed by atoms with Crippen LogP contribution in [0.1, 0.15) is 162 Å². The van der Waals surface area contributed by atoms with Crippen LogP contribution in [0.2, 0.25) is 0 Å². The Kier molecular flexibility index (Phi) is 38.1. The summed E-state index contributed by atoms with van der Waals surface area (Å²) in [6, 6.07) is 0. The fraction of sp³-hybridized carbons (Fsp3) is 0.727. The first kappa shape index (κ1) is 57.8. The monoisotopic (exact) mass is 892 g/mol. The molecule has 348 valence electrons. The molecule has 0 spiro atoms. The van der Waals surface area contributed by atoms with E-state index < -0.39 is 72.3 Å². The molecule has 0 bridgehead atoms. The number of phosphoric ester groups is 2. The topological polar surface area (TPSA) is 216 Å². The van der Waals surface area contributed by atoms with Crippen molar-refractivity contribution in [1.82, 2.24) is 0 Å². The molecule has 0 aliphatic carbocycles. The van der Waals surface area contributed by atoms with Gasteiger partial charge in [-0.1, -0.05) is 139 Å². The van der Waals surface area contributed by atoms with Crippen LogP contribution in [0.5, 0.6) is 0 Å². The van der Waals surface area contributed by atoms with Gasteiger partial charge in [-0.3, -0.25) is 23.2 Å². The number of unbranched alkanes of at least 4 members (excludes halogenated alkanes) is 15. The second kappa shape index (κ2) is 39.6. The van der Waals surface area contributed by atoms with Crippen LogP contribution in [-0.4, -0.2) is 81.6 Å². The molecule has 16 heteroatoms. The predicted molar refractivity (Wildman–Crippen MR) is 236 cm³/mol. The van der Waals surface area contributed by atoms with Crippen molar-refractivity contribution in [3.63, 3.8) is 0 Å². The fourth-order valence-electron chi connectivity index (χ4n) is 5.53. The van der Waals surface area contributed by atoms with E-state index in [0.29, 0.717) is 32.1 Å². The minimum absolute atomic E-state index is 0.0189. The van der Waals surface area contributed by atoms with Crippen molar-refractivity contribution in [2.45, 2.75) is 180 Å². The molecular weight excluding hydrogens is 814 g/mol. The maximum absolute atomic E-state index is 12.6. The van der Waals surface area contributed by atoms with Gasteiger partial charge in [0.2, 0.25) is 0 Å². The van der Waals surface area contributed by atoms with Gasteiger partial charge in [-0.15, -0.1) is 0 Å². The average molecular weight is 893 g/mol. The number of ether oxygens (including phenoxy) is 2. The molecule has 0 aliphatic rings. The third-order valence-electron chi connectivity index (χ3n) is 8.95. The van der Waals surface area contributed by atoms with Crippen molar-refractivity contribution in [1.29, 1.82) is 0 Å². The minimum atomic E-state index is -4.88. The summed E-state index contributed by atoms with van der Waals surface area (Å²) in [5.74, 6) is -1.15. The first-order valence-corrected chi connectivity index (χ1v) is 25.1. The average Bonchev–Trinajstić information content (AvgIpc) is 3.20. The molecule has 0 amide bonds. The third-order valence-corrected chi connectivity index (χ3v) is 10.4. The van der Waals surface area contributed by atoms with Gasteiger partial charge in [-0.05, 0) is 70.6 Å². The highest BCUT2D eigenvalue weighted by molar-refractivity contribution is 7.47. The Morgan fingerprint density at radius 2 is 1.07 bits per heavy atom. The van der Waals surface area contributed by atoms with E-state index in [1.807, 2.05) is 36.5 Å². The van der Waals surface area contributed by atoms with E-state index in [1.54, 1.807) is 6.08 Å². The van der Waals surface area contributed by atoms with Crippen LogP contribution in [-0.2, 0) is 41.8 Å². The Hall–Kier alpha value is -2.22. The van der Waals surface area contributed by atoms with E-state index in [2.05, 4.69) is 41.1 Å². The number of esters is 2. The molecule has 0 aromatic carbocycles. The van der Waals surface area contributed by atoms with Gasteiger partial charge in [-0.25, -0.2) is 9.13 Å². The van der Waals surface area contributed by atoms with E-state index >= 15 is 0 Å². The summed E-state index contributed by atoms with van der Waals surface area (Å²) < 4.78 is 47.7. The number of allylic oxidation sites excluding steroid dienone is 8. The summed E-state index contributed by atoms with van der Waals surface area (Å²) in [4.78, 5) is 52.7. The van der Waals surface area contributed by atoms with Crippen molar-refractivity contribution in [2.24, 2.45) is 0 Å². The Balaban J connectivity index is 4.68. The SMILES string of the molecule is CCCCC/C=C\C=C/[C@H](O)C/C=C\C/C=C/CCCC(=O)O[C@H](COC(=O)CCCCCCCCC/C=C\CCCCCC)COP(=O)(O)OC[C@@H](O)COP(=O)(O)O. The number of phosphoric acid groups is 2. The predicted octanol–water partition coefficient (Wildman–Crippen LogP) is 10.2. The van der Waals surface area contributed by atoms with E-state index in [1.165, 1.54) is 64.2 Å². The summed E-state index contributed by atoms with van der Waals surface area (Å²) in [7, 11) is -9.72. The third kappa shape index (κ3) is 42.5. The van der Waals surface area contributed by atoms with Gasteiger partial charge in [0, 0.05) is 12.8 Å². The smallest absolute Gasteiger partial charge is 0.462 e. The zero-order valence-corrected chi connectivity index (χ0v) is 38.2. The molecule has 0 heterocycles. The van der Waals surface area contributed by atoms with E-state index in [9.17, 15) is 33.8 Å². The van der Waals surface area contributed by atoms with Crippen LogP contribution in [0.25, 0.3) is 0 Å². The van der Waals surface area contributed by atoms with E-state index in [0.717, 1.165) is 38.5 Å². The van der Waals surface area contributed by atoms with Crippen LogP contribution in [0, 0.1) is 0 Å². The summed E-state index contributed by atoms with van der Waals surface area (Å²) in [5, 5.41) is 19.8. The molecule has 0 aliphatic heterocycles. The van der Waals surface area contributed by atoms with Gasteiger partial charge in [0.05, 0.1) is 25.9 Å². The number of hydrogen-bond donors (Lipinski definition) is 5. The highest BCUT2D eigenvalue weighted by atomic mass is 31.2. The quantitative estimate of drug-likeness (QED) is 0.0127. The molecule has 0 saturated heterocycles. The molecule has 0 fully saturated rings. The maximum atomic E-state index is 12.6. The molecule has 0 aromatic heterocycles. The summed E-state index contributed by atoms with van der Waals surface area (Å²) in [5.41, 5.74) is 0. The van der Waals surface area contributed by atoms with Gasteiger partial charge in [-0.2, -0.15) is 0 Å². The fourth-order valence-corrected chi connectivity index (χ4v) is 6.69. The van der Waals surface area contributed by atoms with Crippen LogP contribution >= 0.6 is 15.6 Å². The van der Waals surface area contributed by atoms with Gasteiger partial charge in [0.25, 0.3) is 0 Å². The Morgan fingerprint density at radius 3 is 1.75 bits per heavy atom. The van der Waals surface area contributed by atoms with Crippen LogP contribution in [0.4, 0.5) is 0 Å². The molecule has 0 saturated carbocycles. The highest BCUT2D eigenvalue weighted by Crippen LogP contribution is 2.43. The second-order valence-corrected chi connectivity index (χ2v) is 17.5. The van der Waals surface area contributed by atoms with Crippen LogP contribution < -0.4 is 0 Å². The molecule has 0 rings (SSSR count). The molecule has 60 heavy (non-hydrogen) atoms. The molecule has 0 radical (unpaired) electrons. The summed E-state index contributed by atoms with van der Waals surface area (Å²) >= 11 is 0. The first-order valence-electron chi connectivity index (χ1n) is 22.1. The van der Waals surface area contributed by atoms with Gasteiger partial charge >= 0.3 is 27.6 Å². The van der Waals surface area contributed by atoms with E-state index in [-0.39, 0.29) is 12.8 Å². The minimum Gasteiger partial charge on any atom is -0.462 e. The standard InChI is InChI=1S/C44H78O14P2/c1-3-5-7-9-11-12-13-14-15-16-17-18-22-26-30-34-43(47)54-38-42(39-57-60(52,53)56-37-41(46)36-55-59(49,50)51)58-44(48)35-31-27-23-19-21-25-29-33-40(45)32-28-24-20-10-8-6-4-2/h12-13,19-20,23-25,28-29,32,40-42,45-46H,3-11,14-18,21-22,26-27,30-31,33-39H2,1-2H3,(H,52,53)(H2,49,50,51)/b13-12-,23-19+,24-20-,29-25-,32-28-/t40-,41-,42+/m0/s1. The molecule has 0 aromatic rings. The van der Waals surface area contributed by atoms with Crippen molar-refractivity contribution in [3.8, 4) is 0 Å². The van der Waals surface area contributed by atoms with Crippen molar-refractivity contribution < 1.29 is 66.7 Å². The molecule has 14 nitrogen and oxygen atoms in total. The van der Waals surface area contributed by atoms with Crippen LogP contribution in [0.15, 0.2) is 60.8 Å². The lowest BCUT2D eigenvalue weighted by atomic mass is 10.1. The van der Waals surface area contributed by atoms with Crippen molar-refractivity contribution >= 4 is 27.6 Å². The second-order valence-electron chi connectivity index (χ2n) is 14.8. The highest BCUT2D eigenvalue weighted by Gasteiger charge is 2.28. The van der Waals surface area contributed by atoms with Crippen molar-refractivity contribution in [2.75, 3.05) is 26.4 Å². The molecule has 4 atom stereocenters. The van der Waals surface area contributed by atoms with Gasteiger partial charge < -0.3 is 34.4 Å². The molecule has 1 unspecified atom stereocenters. The number of rotatable bonds is 41. The largest absolute Gasteiger partial charge is 0.472 e. The Bertz CT molecular complexity index is 1310. The van der Waals surface area contributed by atoms with E-state index in [4.69, 9.17) is 23.8 Å². The summed E-state index contributed by atoms with van der Waals surface area (Å²) in [6.45, 7) is 1.56. The van der Waals surface area contributed by atoms with Gasteiger partial charge in [0.1, 0.15) is 12.7 Å². The Morgan fingerprint density at radius 1 is 0.550 bits per heavy atom. The number of aliphatic hydroxyl groups excluding tert-OH is 2. The Labute approximate surface area is 360 Å². The maximum Gasteiger partial charge on any atom is 0.472 e.